The Morgan fingerprint density at radius 2 is 1.43 bits per heavy atom. The Balaban J connectivity index is 1.52. The number of carbonyl (C=O) groups is 1. The molecule has 0 radical (unpaired) electrons. The van der Waals surface area contributed by atoms with Gasteiger partial charge < -0.3 is 10.2 Å². The molecule has 2 N–H and O–H groups in total. The van der Waals surface area contributed by atoms with Gasteiger partial charge >= 0.3 is 0 Å². The van der Waals surface area contributed by atoms with E-state index in [0.717, 1.165) is 36.5 Å². The van der Waals surface area contributed by atoms with E-state index in [4.69, 9.17) is 0 Å². The van der Waals surface area contributed by atoms with Gasteiger partial charge in [-0.1, -0.05) is 68.2 Å². The van der Waals surface area contributed by atoms with Gasteiger partial charge in [0.2, 0.25) is 0 Å². The van der Waals surface area contributed by atoms with Gasteiger partial charge in [0.1, 0.15) is 5.78 Å². The normalized spacial score (nSPS) is 60.1. The molecule has 0 aromatic heterocycles. The number of hydrogen-bond donors (Lipinski definition) is 2. The van der Waals surface area contributed by atoms with Gasteiger partial charge in [-0.25, -0.2) is 0 Å². The summed E-state index contributed by atoms with van der Waals surface area (Å²) in [4.78, 5) is 12.7. The van der Waals surface area contributed by atoms with E-state index < -0.39 is 6.10 Å². The summed E-state index contributed by atoms with van der Waals surface area (Å²) in [5, 5.41) is 24.3. The fraction of sp³-hybridized carbons (Fsp3) is 0.971. The quantitative estimate of drug-likeness (QED) is 0.404. The SMILES string of the molecule is CC(=O)C1C(C)CC2(C)CC3(C)CC4C(C5CCC(C)CC5C)CCC(C)C4C(O)C3C(C)C2(C)C1O. The van der Waals surface area contributed by atoms with Crippen LogP contribution in [0.3, 0.4) is 0 Å². The third-order valence-electron chi connectivity index (χ3n) is 14.4. The van der Waals surface area contributed by atoms with E-state index in [1.165, 1.54) is 38.5 Å². The molecule has 5 rings (SSSR count). The van der Waals surface area contributed by atoms with Crippen LogP contribution in [-0.4, -0.2) is 28.2 Å². The predicted molar refractivity (Wildman–Crippen MR) is 151 cm³/mol. The molecule has 0 saturated heterocycles. The van der Waals surface area contributed by atoms with E-state index in [0.29, 0.717) is 17.8 Å². The molecule has 16 unspecified atom stereocenters. The number of rotatable bonds is 2. The fourth-order valence-electron chi connectivity index (χ4n) is 12.8. The molecule has 5 aliphatic carbocycles. The molecule has 0 aliphatic heterocycles. The molecule has 16 atom stereocenters. The highest BCUT2D eigenvalue weighted by Crippen LogP contribution is 2.73. The standard InChI is InChI=1S/C34H58O3/c1-18-10-12-24(20(3)14-18)25-13-11-19(2)28-26(25)16-32(7)17-33(8)15-21(4)27(23(6)35)31(37)34(33,9)22(5)29(32)30(28)36/h18-22,24-31,36-37H,10-17H2,1-9H3. The lowest BCUT2D eigenvalue weighted by atomic mass is 9.34. The molecular weight excluding hydrogens is 456 g/mol. The average Bonchev–Trinajstić information content (AvgIpc) is 2.76. The minimum absolute atomic E-state index is 0.0294. The lowest BCUT2D eigenvalue weighted by molar-refractivity contribution is -0.272. The monoisotopic (exact) mass is 514 g/mol. The second-order valence-corrected chi connectivity index (χ2v) is 16.5. The fourth-order valence-corrected chi connectivity index (χ4v) is 12.8. The van der Waals surface area contributed by atoms with Crippen molar-refractivity contribution in [2.45, 2.75) is 126 Å². The van der Waals surface area contributed by atoms with Crippen LogP contribution in [0.4, 0.5) is 0 Å². The third-order valence-corrected chi connectivity index (χ3v) is 14.4. The minimum Gasteiger partial charge on any atom is -0.392 e. The van der Waals surface area contributed by atoms with Crippen molar-refractivity contribution in [3.63, 3.8) is 0 Å². The summed E-state index contributed by atoms with van der Waals surface area (Å²) in [6, 6.07) is 0. The lowest BCUT2D eigenvalue weighted by Crippen LogP contribution is -2.70. The van der Waals surface area contributed by atoms with E-state index in [1.807, 2.05) is 0 Å². The van der Waals surface area contributed by atoms with Gasteiger partial charge in [0.15, 0.2) is 0 Å². The van der Waals surface area contributed by atoms with Crippen molar-refractivity contribution in [3.05, 3.63) is 0 Å². The van der Waals surface area contributed by atoms with Crippen molar-refractivity contribution in [1.29, 1.82) is 0 Å². The molecule has 0 amide bonds. The summed E-state index contributed by atoms with van der Waals surface area (Å²) < 4.78 is 0. The number of hydrogen-bond acceptors (Lipinski definition) is 3. The number of carbonyl (C=O) groups excluding carboxylic acids is 1. The highest BCUT2D eigenvalue weighted by Gasteiger charge is 2.70. The van der Waals surface area contributed by atoms with Crippen LogP contribution in [0, 0.1) is 81.3 Å². The summed E-state index contributed by atoms with van der Waals surface area (Å²) >= 11 is 0. The molecule has 212 valence electrons. The maximum Gasteiger partial charge on any atom is 0.135 e. The summed E-state index contributed by atoms with van der Waals surface area (Å²) in [6.07, 6.45) is 9.09. The van der Waals surface area contributed by atoms with Gasteiger partial charge in [-0.15, -0.1) is 0 Å². The van der Waals surface area contributed by atoms with Gasteiger partial charge in [-0.05, 0) is 115 Å². The second kappa shape index (κ2) is 9.32. The summed E-state index contributed by atoms with van der Waals surface area (Å²) in [7, 11) is 0. The van der Waals surface area contributed by atoms with Crippen LogP contribution < -0.4 is 0 Å². The van der Waals surface area contributed by atoms with Crippen LogP contribution >= 0.6 is 0 Å². The topological polar surface area (TPSA) is 57.5 Å². The molecule has 0 spiro atoms. The van der Waals surface area contributed by atoms with Gasteiger partial charge in [0.25, 0.3) is 0 Å². The lowest BCUT2D eigenvalue weighted by Gasteiger charge is -2.71. The Bertz CT molecular complexity index is 884. The highest BCUT2D eigenvalue weighted by atomic mass is 16.3. The molecule has 0 heterocycles. The minimum atomic E-state index is -0.634. The average molecular weight is 515 g/mol. The molecule has 5 aliphatic rings. The van der Waals surface area contributed by atoms with Crippen molar-refractivity contribution in [2.24, 2.45) is 81.3 Å². The first-order valence-electron chi connectivity index (χ1n) is 16.0. The Morgan fingerprint density at radius 3 is 2.05 bits per heavy atom. The number of aliphatic hydroxyl groups is 2. The molecule has 0 aromatic rings. The zero-order chi connectivity index (χ0) is 27.2. The zero-order valence-electron chi connectivity index (χ0n) is 25.5. The van der Waals surface area contributed by atoms with Crippen LogP contribution in [0.15, 0.2) is 0 Å². The molecule has 3 heteroatoms. The molecule has 37 heavy (non-hydrogen) atoms. The van der Waals surface area contributed by atoms with E-state index in [9.17, 15) is 15.0 Å². The van der Waals surface area contributed by atoms with Crippen LogP contribution in [0.25, 0.3) is 0 Å². The number of ketones is 1. The van der Waals surface area contributed by atoms with Gasteiger partial charge in [0, 0.05) is 11.3 Å². The smallest absolute Gasteiger partial charge is 0.135 e. The maximum absolute atomic E-state index is 12.7. The van der Waals surface area contributed by atoms with Crippen LogP contribution in [0.5, 0.6) is 0 Å². The zero-order valence-corrected chi connectivity index (χ0v) is 25.5. The van der Waals surface area contributed by atoms with Crippen molar-refractivity contribution in [3.8, 4) is 0 Å². The Labute approximate surface area is 228 Å². The molecular formula is C34H58O3. The molecule has 0 aromatic carbocycles. The predicted octanol–water partition coefficient (Wildman–Crippen LogP) is 7.38. The summed E-state index contributed by atoms with van der Waals surface area (Å²) in [5.74, 6) is 5.21. The Morgan fingerprint density at radius 1 is 0.784 bits per heavy atom. The first-order valence-corrected chi connectivity index (χ1v) is 16.0. The Hall–Kier alpha value is -0.410. The molecule has 0 bridgehead atoms. The van der Waals surface area contributed by atoms with Crippen molar-refractivity contribution in [1.82, 2.24) is 0 Å². The van der Waals surface area contributed by atoms with Crippen molar-refractivity contribution in [2.75, 3.05) is 0 Å². The largest absolute Gasteiger partial charge is 0.392 e. The number of aliphatic hydroxyl groups excluding tert-OH is 2. The first-order chi connectivity index (χ1) is 17.2. The van der Waals surface area contributed by atoms with E-state index >= 15 is 0 Å². The van der Waals surface area contributed by atoms with E-state index in [2.05, 4.69) is 55.4 Å². The van der Waals surface area contributed by atoms with Gasteiger partial charge in [-0.2, -0.15) is 0 Å². The van der Waals surface area contributed by atoms with Gasteiger partial charge in [-0.3, -0.25) is 4.79 Å². The second-order valence-electron chi connectivity index (χ2n) is 16.5. The Kier molecular flexibility index (Phi) is 7.09. The van der Waals surface area contributed by atoms with Crippen molar-refractivity contribution >= 4 is 5.78 Å². The van der Waals surface area contributed by atoms with Gasteiger partial charge in [0.05, 0.1) is 12.2 Å². The first kappa shape index (κ1) is 28.1. The number of Topliss-reactive ketones (excluding diaryl/α,β-unsaturated/α-hetero) is 1. The highest BCUT2D eigenvalue weighted by molar-refractivity contribution is 5.79. The van der Waals surface area contributed by atoms with Crippen molar-refractivity contribution < 1.29 is 15.0 Å². The van der Waals surface area contributed by atoms with E-state index in [-0.39, 0.29) is 51.8 Å². The molecule has 5 fully saturated rings. The molecule has 3 nitrogen and oxygen atoms in total. The van der Waals surface area contributed by atoms with E-state index in [1.54, 1.807) is 6.92 Å². The summed E-state index contributed by atoms with van der Waals surface area (Å²) in [6.45, 7) is 20.8. The maximum atomic E-state index is 12.7. The van der Waals surface area contributed by atoms with Crippen LogP contribution in [-0.2, 0) is 4.79 Å². The van der Waals surface area contributed by atoms with Crippen LogP contribution in [0.2, 0.25) is 0 Å². The third kappa shape index (κ3) is 3.97. The summed E-state index contributed by atoms with van der Waals surface area (Å²) in [5.41, 5.74) is -0.311. The van der Waals surface area contributed by atoms with Crippen LogP contribution in [0.1, 0.15) is 114 Å². The number of fused-ring (bicyclic) bond motifs is 3. The molecule has 5 saturated carbocycles.